The molecule has 0 unspecified atom stereocenters. The summed E-state index contributed by atoms with van der Waals surface area (Å²) in [5, 5.41) is 3.40. The van der Waals surface area contributed by atoms with Gasteiger partial charge < -0.3 is 14.8 Å². The standard InChI is InChI=1S/C19H18ClNO3/c1-23-17-9-8-15(12-18(17)24-2)13-19(22)21-10-4-6-14-5-3-7-16(20)11-14/h3,5,7-9,11-12H,10,13H2,1-2H3,(H,21,22). The second-order valence-corrected chi connectivity index (χ2v) is 5.39. The number of benzene rings is 2. The lowest BCUT2D eigenvalue weighted by molar-refractivity contribution is -0.120. The average molecular weight is 344 g/mol. The first kappa shape index (κ1) is 17.7. The van der Waals surface area contributed by atoms with E-state index < -0.39 is 0 Å². The van der Waals surface area contributed by atoms with Gasteiger partial charge in [-0.1, -0.05) is 35.6 Å². The van der Waals surface area contributed by atoms with E-state index in [1.807, 2.05) is 18.2 Å². The summed E-state index contributed by atoms with van der Waals surface area (Å²) in [5.41, 5.74) is 1.66. The number of hydrogen-bond donors (Lipinski definition) is 1. The number of ether oxygens (including phenoxy) is 2. The quantitative estimate of drug-likeness (QED) is 0.849. The van der Waals surface area contributed by atoms with Crippen LogP contribution in [-0.4, -0.2) is 26.7 Å². The Hall–Kier alpha value is -2.64. The molecule has 4 nitrogen and oxygen atoms in total. The molecule has 0 aliphatic carbocycles. The van der Waals surface area contributed by atoms with Crippen LogP contribution in [0.5, 0.6) is 11.5 Å². The highest BCUT2D eigenvalue weighted by Gasteiger charge is 2.07. The van der Waals surface area contributed by atoms with Gasteiger partial charge in [-0.15, -0.1) is 0 Å². The fourth-order valence-corrected chi connectivity index (χ4v) is 2.28. The molecule has 2 aromatic carbocycles. The van der Waals surface area contributed by atoms with Gasteiger partial charge in [-0.05, 0) is 35.9 Å². The Balaban J connectivity index is 1.88. The predicted octanol–water partition coefficient (Wildman–Crippen LogP) is 3.07. The van der Waals surface area contributed by atoms with E-state index in [9.17, 15) is 4.79 Å². The van der Waals surface area contributed by atoms with Crippen molar-refractivity contribution in [2.45, 2.75) is 6.42 Å². The number of carbonyl (C=O) groups is 1. The molecule has 0 saturated carbocycles. The van der Waals surface area contributed by atoms with Gasteiger partial charge >= 0.3 is 0 Å². The van der Waals surface area contributed by atoms with Crippen LogP contribution in [0.1, 0.15) is 11.1 Å². The van der Waals surface area contributed by atoms with Crippen molar-refractivity contribution in [1.29, 1.82) is 0 Å². The van der Waals surface area contributed by atoms with E-state index in [0.29, 0.717) is 16.5 Å². The fraction of sp³-hybridized carbons (Fsp3) is 0.211. The van der Waals surface area contributed by atoms with Crippen LogP contribution in [0.3, 0.4) is 0 Å². The molecule has 24 heavy (non-hydrogen) atoms. The van der Waals surface area contributed by atoms with Crippen molar-refractivity contribution in [3.63, 3.8) is 0 Å². The SMILES string of the molecule is COc1ccc(CC(=O)NCC#Cc2cccc(Cl)c2)cc1OC. The molecule has 0 saturated heterocycles. The largest absolute Gasteiger partial charge is 0.493 e. The van der Waals surface area contributed by atoms with E-state index in [4.69, 9.17) is 21.1 Å². The van der Waals surface area contributed by atoms with Crippen molar-refractivity contribution in [1.82, 2.24) is 5.32 Å². The van der Waals surface area contributed by atoms with Gasteiger partial charge in [0, 0.05) is 10.6 Å². The van der Waals surface area contributed by atoms with Crippen molar-refractivity contribution in [3.05, 3.63) is 58.6 Å². The molecule has 1 amide bonds. The van der Waals surface area contributed by atoms with Crippen LogP contribution in [0.25, 0.3) is 0 Å². The Bertz CT molecular complexity index is 778. The molecular weight excluding hydrogens is 326 g/mol. The first-order chi connectivity index (χ1) is 11.6. The third-order valence-corrected chi connectivity index (χ3v) is 3.48. The van der Waals surface area contributed by atoms with Crippen LogP contribution in [-0.2, 0) is 11.2 Å². The summed E-state index contributed by atoms with van der Waals surface area (Å²) in [7, 11) is 3.13. The third kappa shape index (κ3) is 5.22. The Labute approximate surface area is 146 Å². The van der Waals surface area contributed by atoms with Crippen LogP contribution in [0, 0.1) is 11.8 Å². The minimum Gasteiger partial charge on any atom is -0.493 e. The molecule has 0 aromatic heterocycles. The van der Waals surface area contributed by atoms with Crippen molar-refractivity contribution in [3.8, 4) is 23.3 Å². The van der Waals surface area contributed by atoms with Gasteiger partial charge in [0.25, 0.3) is 0 Å². The number of rotatable bonds is 5. The summed E-state index contributed by atoms with van der Waals surface area (Å²) in [6.07, 6.45) is 0.249. The molecule has 2 rings (SSSR count). The number of halogens is 1. The van der Waals surface area contributed by atoms with E-state index in [1.165, 1.54) is 0 Å². The minimum absolute atomic E-state index is 0.109. The average Bonchev–Trinajstić information content (AvgIpc) is 2.58. The number of carbonyl (C=O) groups excluding carboxylic acids is 1. The van der Waals surface area contributed by atoms with Gasteiger partial charge in [-0.3, -0.25) is 4.79 Å². The molecule has 124 valence electrons. The van der Waals surface area contributed by atoms with Gasteiger partial charge in [-0.25, -0.2) is 0 Å². The van der Waals surface area contributed by atoms with E-state index in [0.717, 1.165) is 11.1 Å². The second-order valence-electron chi connectivity index (χ2n) is 4.95. The Morgan fingerprint density at radius 1 is 1.12 bits per heavy atom. The van der Waals surface area contributed by atoms with Gasteiger partial charge in [0.15, 0.2) is 11.5 Å². The molecule has 0 atom stereocenters. The van der Waals surface area contributed by atoms with Gasteiger partial charge in [0.1, 0.15) is 0 Å². The zero-order valence-corrected chi connectivity index (χ0v) is 14.3. The van der Waals surface area contributed by atoms with Crippen molar-refractivity contribution < 1.29 is 14.3 Å². The van der Waals surface area contributed by atoms with Crippen LogP contribution in [0.4, 0.5) is 0 Å². The topological polar surface area (TPSA) is 47.6 Å². The van der Waals surface area contributed by atoms with Gasteiger partial charge in [-0.2, -0.15) is 0 Å². The molecule has 0 aliphatic rings. The second kappa shape index (κ2) is 8.85. The monoisotopic (exact) mass is 343 g/mol. The Morgan fingerprint density at radius 2 is 1.92 bits per heavy atom. The summed E-state index contributed by atoms with van der Waals surface area (Å²) in [5.74, 6) is 6.98. The van der Waals surface area contributed by atoms with Crippen molar-refractivity contribution in [2.75, 3.05) is 20.8 Å². The highest BCUT2D eigenvalue weighted by atomic mass is 35.5. The first-order valence-electron chi connectivity index (χ1n) is 7.34. The summed E-state index contributed by atoms with van der Waals surface area (Å²) in [6, 6.07) is 12.7. The number of hydrogen-bond acceptors (Lipinski definition) is 3. The van der Waals surface area contributed by atoms with Crippen molar-refractivity contribution >= 4 is 17.5 Å². The highest BCUT2D eigenvalue weighted by molar-refractivity contribution is 6.30. The van der Waals surface area contributed by atoms with Crippen LogP contribution >= 0.6 is 11.6 Å². The molecule has 5 heteroatoms. The summed E-state index contributed by atoms with van der Waals surface area (Å²) < 4.78 is 10.4. The van der Waals surface area contributed by atoms with Crippen LogP contribution < -0.4 is 14.8 Å². The number of methoxy groups -OCH3 is 2. The zero-order valence-electron chi connectivity index (χ0n) is 13.6. The fourth-order valence-electron chi connectivity index (χ4n) is 2.09. The molecule has 0 heterocycles. The van der Waals surface area contributed by atoms with E-state index >= 15 is 0 Å². The molecular formula is C19H18ClNO3. The van der Waals surface area contributed by atoms with Gasteiger partial charge in [0.05, 0.1) is 27.2 Å². The highest BCUT2D eigenvalue weighted by Crippen LogP contribution is 2.27. The molecule has 2 aromatic rings. The lowest BCUT2D eigenvalue weighted by atomic mass is 10.1. The van der Waals surface area contributed by atoms with E-state index in [-0.39, 0.29) is 18.9 Å². The normalized spacial score (nSPS) is 9.62. The van der Waals surface area contributed by atoms with Gasteiger partial charge in [0.2, 0.25) is 5.91 Å². The lowest BCUT2D eigenvalue weighted by Gasteiger charge is -2.09. The number of amides is 1. The Kier molecular flexibility index (Phi) is 6.53. The van der Waals surface area contributed by atoms with Crippen LogP contribution in [0.15, 0.2) is 42.5 Å². The van der Waals surface area contributed by atoms with E-state index in [2.05, 4.69) is 17.2 Å². The zero-order chi connectivity index (χ0) is 17.4. The molecule has 0 bridgehead atoms. The molecule has 1 N–H and O–H groups in total. The predicted molar refractivity (Wildman–Crippen MR) is 94.6 cm³/mol. The maximum absolute atomic E-state index is 12.0. The molecule has 0 aliphatic heterocycles. The summed E-state index contributed by atoms with van der Waals surface area (Å²) >= 11 is 5.89. The number of nitrogens with one attached hydrogen (secondary N) is 1. The minimum atomic E-state index is -0.109. The third-order valence-electron chi connectivity index (χ3n) is 3.24. The lowest BCUT2D eigenvalue weighted by Crippen LogP contribution is -2.25. The van der Waals surface area contributed by atoms with Crippen LogP contribution in [0.2, 0.25) is 5.02 Å². The Morgan fingerprint density at radius 3 is 2.62 bits per heavy atom. The van der Waals surface area contributed by atoms with Crippen molar-refractivity contribution in [2.24, 2.45) is 0 Å². The molecule has 0 fully saturated rings. The maximum Gasteiger partial charge on any atom is 0.225 e. The molecule has 0 spiro atoms. The van der Waals surface area contributed by atoms with E-state index in [1.54, 1.807) is 38.5 Å². The first-order valence-corrected chi connectivity index (χ1v) is 7.72. The smallest absolute Gasteiger partial charge is 0.225 e. The summed E-state index contributed by atoms with van der Waals surface area (Å²) in [4.78, 5) is 12.0. The summed E-state index contributed by atoms with van der Waals surface area (Å²) in [6.45, 7) is 0.276. The molecule has 0 radical (unpaired) electrons. The maximum atomic E-state index is 12.0.